The summed E-state index contributed by atoms with van der Waals surface area (Å²) in [6.07, 6.45) is 3.17. The van der Waals surface area contributed by atoms with E-state index in [4.69, 9.17) is 0 Å². The van der Waals surface area contributed by atoms with Gasteiger partial charge >= 0.3 is 0 Å². The Morgan fingerprint density at radius 3 is 2.00 bits per heavy atom. The van der Waals surface area contributed by atoms with Crippen molar-refractivity contribution < 1.29 is 14.7 Å². The van der Waals surface area contributed by atoms with E-state index in [1.54, 1.807) is 13.8 Å². The molecule has 0 radical (unpaired) electrons. The molecule has 0 saturated heterocycles. The van der Waals surface area contributed by atoms with E-state index in [9.17, 15) is 14.7 Å². The van der Waals surface area contributed by atoms with Gasteiger partial charge in [0.25, 0.3) is 11.8 Å². The van der Waals surface area contributed by atoms with Crippen molar-refractivity contribution in [1.29, 1.82) is 0 Å². The maximum Gasteiger partial charge on any atom is 0.256 e. The standard InChI is InChI=1S/C13H19NO3/c1-8-9(2)13(17)14(12(8)16)7-10-3-5-11(15)6-4-10/h10-11,15H,3-7H2,1-2H3. The molecule has 17 heavy (non-hydrogen) atoms. The van der Waals surface area contributed by atoms with Gasteiger partial charge in [-0.1, -0.05) is 0 Å². The predicted molar refractivity (Wildman–Crippen MR) is 63.1 cm³/mol. The number of rotatable bonds is 2. The van der Waals surface area contributed by atoms with Crippen LogP contribution in [0, 0.1) is 5.92 Å². The molecule has 0 aromatic rings. The highest BCUT2D eigenvalue weighted by Gasteiger charge is 2.35. The van der Waals surface area contributed by atoms with E-state index in [-0.39, 0.29) is 17.9 Å². The van der Waals surface area contributed by atoms with Crippen LogP contribution in [0.25, 0.3) is 0 Å². The first-order valence-electron chi connectivity index (χ1n) is 6.22. The fraction of sp³-hybridized carbons (Fsp3) is 0.692. The highest BCUT2D eigenvalue weighted by atomic mass is 16.3. The molecule has 1 N–H and O–H groups in total. The molecule has 1 fully saturated rings. The van der Waals surface area contributed by atoms with Crippen LogP contribution in [0.2, 0.25) is 0 Å². The molecule has 0 aromatic heterocycles. The Hall–Kier alpha value is -1.16. The van der Waals surface area contributed by atoms with E-state index in [2.05, 4.69) is 0 Å². The zero-order valence-corrected chi connectivity index (χ0v) is 10.4. The Kier molecular flexibility index (Phi) is 3.33. The summed E-state index contributed by atoms with van der Waals surface area (Å²) in [5.74, 6) is 0.0715. The monoisotopic (exact) mass is 237 g/mol. The molecule has 0 unspecified atom stereocenters. The summed E-state index contributed by atoms with van der Waals surface area (Å²) in [6.45, 7) is 3.93. The minimum atomic E-state index is -0.196. The Labute approximate surface area is 101 Å². The van der Waals surface area contributed by atoms with Gasteiger partial charge in [0.15, 0.2) is 0 Å². The third kappa shape index (κ3) is 2.27. The number of nitrogens with zero attached hydrogens (tertiary/aromatic N) is 1. The third-order valence-corrected chi connectivity index (χ3v) is 3.95. The summed E-state index contributed by atoms with van der Waals surface area (Å²) in [6, 6.07) is 0. The second-order valence-electron chi connectivity index (χ2n) is 5.15. The zero-order valence-electron chi connectivity index (χ0n) is 10.4. The number of carbonyl (C=O) groups is 2. The van der Waals surface area contributed by atoms with Gasteiger partial charge in [0.1, 0.15) is 0 Å². The molecule has 1 aliphatic carbocycles. The minimum absolute atomic E-state index is 0.140. The number of aliphatic hydroxyl groups is 1. The molecule has 2 aliphatic rings. The van der Waals surface area contributed by atoms with Crippen LogP contribution in [-0.2, 0) is 9.59 Å². The van der Waals surface area contributed by atoms with Gasteiger partial charge in [-0.15, -0.1) is 0 Å². The number of aliphatic hydroxyl groups excluding tert-OH is 1. The van der Waals surface area contributed by atoms with Crippen molar-refractivity contribution in [3.8, 4) is 0 Å². The summed E-state index contributed by atoms with van der Waals surface area (Å²) in [5, 5.41) is 9.42. The molecule has 0 atom stereocenters. The van der Waals surface area contributed by atoms with Gasteiger partial charge in [0.05, 0.1) is 6.10 Å². The summed E-state index contributed by atoms with van der Waals surface area (Å²) < 4.78 is 0. The largest absolute Gasteiger partial charge is 0.393 e. The second kappa shape index (κ2) is 4.61. The topological polar surface area (TPSA) is 57.6 Å². The lowest BCUT2D eigenvalue weighted by Crippen LogP contribution is -2.37. The molecule has 0 aromatic carbocycles. The van der Waals surface area contributed by atoms with Crippen LogP contribution in [0.3, 0.4) is 0 Å². The lowest BCUT2D eigenvalue weighted by Gasteiger charge is -2.28. The van der Waals surface area contributed by atoms with Crippen LogP contribution >= 0.6 is 0 Å². The third-order valence-electron chi connectivity index (χ3n) is 3.95. The molecule has 94 valence electrons. The SMILES string of the molecule is CC1=C(C)C(=O)N(CC2CCC(O)CC2)C1=O. The van der Waals surface area contributed by atoms with Crippen LogP contribution in [0.1, 0.15) is 39.5 Å². The molecule has 1 saturated carbocycles. The number of imide groups is 1. The lowest BCUT2D eigenvalue weighted by molar-refractivity contribution is -0.138. The molecule has 4 heteroatoms. The smallest absolute Gasteiger partial charge is 0.256 e. The highest BCUT2D eigenvalue weighted by molar-refractivity contribution is 6.18. The fourth-order valence-corrected chi connectivity index (χ4v) is 2.57. The molecule has 2 rings (SSSR count). The Bertz CT molecular complexity index is 354. The van der Waals surface area contributed by atoms with Crippen LogP contribution in [-0.4, -0.2) is 34.5 Å². The van der Waals surface area contributed by atoms with Crippen molar-refractivity contribution in [1.82, 2.24) is 4.90 Å². The van der Waals surface area contributed by atoms with Crippen LogP contribution in [0.5, 0.6) is 0 Å². The van der Waals surface area contributed by atoms with Crippen molar-refractivity contribution in [2.45, 2.75) is 45.6 Å². The van der Waals surface area contributed by atoms with E-state index in [1.807, 2.05) is 0 Å². The molecular weight excluding hydrogens is 218 g/mol. The Morgan fingerprint density at radius 2 is 1.53 bits per heavy atom. The normalized spacial score (nSPS) is 30.4. The van der Waals surface area contributed by atoms with Gasteiger partial charge in [-0.3, -0.25) is 14.5 Å². The van der Waals surface area contributed by atoms with E-state index in [1.165, 1.54) is 4.90 Å². The van der Waals surface area contributed by atoms with Gasteiger partial charge in [-0.25, -0.2) is 0 Å². The molecule has 2 amide bonds. The summed E-state index contributed by atoms with van der Waals surface area (Å²) >= 11 is 0. The van der Waals surface area contributed by atoms with Crippen molar-refractivity contribution in [2.75, 3.05) is 6.54 Å². The van der Waals surface area contributed by atoms with Crippen molar-refractivity contribution in [3.63, 3.8) is 0 Å². The number of carbonyl (C=O) groups excluding carboxylic acids is 2. The molecule has 1 heterocycles. The highest BCUT2D eigenvalue weighted by Crippen LogP contribution is 2.28. The molecule has 0 bridgehead atoms. The fourth-order valence-electron chi connectivity index (χ4n) is 2.57. The first kappa shape index (κ1) is 12.3. The summed E-state index contributed by atoms with van der Waals surface area (Å²) in [5.41, 5.74) is 1.15. The predicted octanol–water partition coefficient (Wildman–Crippen LogP) is 1.24. The van der Waals surface area contributed by atoms with Crippen LogP contribution in [0.4, 0.5) is 0 Å². The quantitative estimate of drug-likeness (QED) is 0.735. The molecule has 4 nitrogen and oxygen atoms in total. The summed E-state index contributed by atoms with van der Waals surface area (Å²) in [4.78, 5) is 25.1. The molecule has 1 aliphatic heterocycles. The number of hydrogen-bond acceptors (Lipinski definition) is 3. The second-order valence-corrected chi connectivity index (χ2v) is 5.15. The van der Waals surface area contributed by atoms with Gasteiger partial charge < -0.3 is 5.11 Å². The lowest BCUT2D eigenvalue weighted by atomic mass is 9.87. The first-order valence-corrected chi connectivity index (χ1v) is 6.22. The maximum absolute atomic E-state index is 11.9. The van der Waals surface area contributed by atoms with E-state index >= 15 is 0 Å². The molecular formula is C13H19NO3. The number of amides is 2. The van der Waals surface area contributed by atoms with Crippen molar-refractivity contribution in [3.05, 3.63) is 11.1 Å². The minimum Gasteiger partial charge on any atom is -0.393 e. The van der Waals surface area contributed by atoms with Crippen LogP contribution in [0.15, 0.2) is 11.1 Å². The van der Waals surface area contributed by atoms with E-state index in [0.29, 0.717) is 23.6 Å². The number of hydrogen-bond donors (Lipinski definition) is 1. The Morgan fingerprint density at radius 1 is 1.06 bits per heavy atom. The van der Waals surface area contributed by atoms with Crippen LogP contribution < -0.4 is 0 Å². The van der Waals surface area contributed by atoms with Crippen molar-refractivity contribution >= 4 is 11.8 Å². The van der Waals surface area contributed by atoms with Gasteiger partial charge in [-0.2, -0.15) is 0 Å². The van der Waals surface area contributed by atoms with Gasteiger partial charge in [0, 0.05) is 17.7 Å². The average molecular weight is 237 g/mol. The van der Waals surface area contributed by atoms with Crippen molar-refractivity contribution in [2.24, 2.45) is 5.92 Å². The summed E-state index contributed by atoms with van der Waals surface area (Å²) in [7, 11) is 0. The van der Waals surface area contributed by atoms with E-state index in [0.717, 1.165) is 25.7 Å². The van der Waals surface area contributed by atoms with E-state index < -0.39 is 0 Å². The maximum atomic E-state index is 11.9. The first-order chi connectivity index (χ1) is 8.00. The Balaban J connectivity index is 1.97. The molecule has 0 spiro atoms. The zero-order chi connectivity index (χ0) is 12.6. The van der Waals surface area contributed by atoms with Gasteiger partial charge in [0.2, 0.25) is 0 Å². The van der Waals surface area contributed by atoms with Gasteiger partial charge in [-0.05, 0) is 45.4 Å². The average Bonchev–Trinajstić information content (AvgIpc) is 2.50.